The van der Waals surface area contributed by atoms with Crippen LogP contribution in [0.4, 0.5) is 0 Å². The molecule has 0 aliphatic rings. The second kappa shape index (κ2) is 5.79. The molecule has 0 spiro atoms. The fraction of sp³-hybridized carbons (Fsp3) is 0.333. The van der Waals surface area contributed by atoms with Crippen LogP contribution in [0.5, 0.6) is 0 Å². The molecule has 62 valence electrons. The van der Waals surface area contributed by atoms with E-state index in [1.807, 2.05) is 0 Å². The molecule has 0 aromatic rings. The third kappa shape index (κ3) is 6.92. The first-order valence-corrected chi connectivity index (χ1v) is 3.48. The Labute approximate surface area is 69.3 Å². The molecule has 0 aliphatic carbocycles. The van der Waals surface area contributed by atoms with Crippen molar-refractivity contribution in [3.8, 4) is 0 Å². The standard InChI is InChI=1S/C6H8O4S/c7-5(8)1-2-6(9)10-3-4-11/h1-2,11H,3-4H2,(H,7,8). The smallest absolute Gasteiger partial charge is 0.331 e. The van der Waals surface area contributed by atoms with Crippen LogP contribution in [-0.2, 0) is 14.3 Å². The maximum absolute atomic E-state index is 10.5. The average molecular weight is 176 g/mol. The Morgan fingerprint density at radius 1 is 1.45 bits per heavy atom. The Morgan fingerprint density at radius 2 is 2.09 bits per heavy atom. The van der Waals surface area contributed by atoms with E-state index in [1.54, 1.807) is 0 Å². The Balaban J connectivity index is 3.60. The molecular formula is C6H8O4S. The van der Waals surface area contributed by atoms with Crippen molar-refractivity contribution < 1.29 is 19.4 Å². The largest absolute Gasteiger partial charge is 0.478 e. The highest BCUT2D eigenvalue weighted by molar-refractivity contribution is 7.80. The number of carbonyl (C=O) groups excluding carboxylic acids is 1. The highest BCUT2D eigenvalue weighted by Gasteiger charge is 1.95. The van der Waals surface area contributed by atoms with Gasteiger partial charge in [0.25, 0.3) is 0 Å². The molecule has 0 aromatic carbocycles. The second-order valence-electron chi connectivity index (χ2n) is 1.56. The van der Waals surface area contributed by atoms with Crippen LogP contribution in [0.15, 0.2) is 12.2 Å². The summed E-state index contributed by atoms with van der Waals surface area (Å²) < 4.78 is 4.48. The Kier molecular flexibility index (Phi) is 5.28. The fourth-order valence-corrected chi connectivity index (χ4v) is 0.425. The van der Waals surface area contributed by atoms with Gasteiger partial charge in [-0.2, -0.15) is 12.6 Å². The molecular weight excluding hydrogens is 168 g/mol. The van der Waals surface area contributed by atoms with Crippen molar-refractivity contribution in [2.75, 3.05) is 12.4 Å². The molecule has 0 atom stereocenters. The van der Waals surface area contributed by atoms with Crippen molar-refractivity contribution in [3.05, 3.63) is 12.2 Å². The van der Waals surface area contributed by atoms with Crippen molar-refractivity contribution in [1.29, 1.82) is 0 Å². The van der Waals surface area contributed by atoms with Crippen LogP contribution in [0.1, 0.15) is 0 Å². The lowest BCUT2D eigenvalue weighted by atomic mass is 10.5. The maximum Gasteiger partial charge on any atom is 0.331 e. The van der Waals surface area contributed by atoms with Crippen LogP contribution in [0.3, 0.4) is 0 Å². The van der Waals surface area contributed by atoms with Gasteiger partial charge in [0, 0.05) is 17.9 Å². The fourth-order valence-electron chi connectivity index (χ4n) is 0.334. The van der Waals surface area contributed by atoms with Crippen LogP contribution >= 0.6 is 12.6 Å². The minimum atomic E-state index is -1.17. The summed E-state index contributed by atoms with van der Waals surface area (Å²) in [6, 6.07) is 0. The molecule has 0 rings (SSSR count). The molecule has 1 N–H and O–H groups in total. The first-order chi connectivity index (χ1) is 5.16. The zero-order valence-corrected chi connectivity index (χ0v) is 6.58. The molecule has 0 fully saturated rings. The zero-order valence-electron chi connectivity index (χ0n) is 5.69. The van der Waals surface area contributed by atoms with Crippen LogP contribution in [0, 0.1) is 0 Å². The van der Waals surface area contributed by atoms with Gasteiger partial charge in [-0.05, 0) is 0 Å². The zero-order chi connectivity index (χ0) is 8.69. The van der Waals surface area contributed by atoms with E-state index < -0.39 is 11.9 Å². The summed E-state index contributed by atoms with van der Waals surface area (Å²) in [5.41, 5.74) is 0. The normalized spacial score (nSPS) is 9.91. The molecule has 0 unspecified atom stereocenters. The molecule has 0 saturated carbocycles. The van der Waals surface area contributed by atoms with Gasteiger partial charge in [0.05, 0.1) is 0 Å². The van der Waals surface area contributed by atoms with E-state index in [1.165, 1.54) is 0 Å². The van der Waals surface area contributed by atoms with E-state index in [-0.39, 0.29) is 6.61 Å². The van der Waals surface area contributed by atoms with Gasteiger partial charge in [0.2, 0.25) is 0 Å². The number of ether oxygens (including phenoxy) is 1. The van der Waals surface area contributed by atoms with E-state index in [2.05, 4.69) is 17.4 Å². The molecule has 4 nitrogen and oxygen atoms in total. The number of thiol groups is 1. The van der Waals surface area contributed by atoms with Crippen LogP contribution in [0.25, 0.3) is 0 Å². The summed E-state index contributed by atoms with van der Waals surface area (Å²) in [6.07, 6.45) is 1.58. The second-order valence-corrected chi connectivity index (χ2v) is 2.01. The molecule has 0 saturated heterocycles. The summed E-state index contributed by atoms with van der Waals surface area (Å²) >= 11 is 3.79. The van der Waals surface area contributed by atoms with Gasteiger partial charge in [-0.1, -0.05) is 0 Å². The van der Waals surface area contributed by atoms with Crippen LogP contribution in [0.2, 0.25) is 0 Å². The highest BCUT2D eigenvalue weighted by Crippen LogP contribution is 1.83. The van der Waals surface area contributed by atoms with E-state index in [9.17, 15) is 9.59 Å². The number of carboxylic acids is 1. The highest BCUT2D eigenvalue weighted by atomic mass is 32.1. The first-order valence-electron chi connectivity index (χ1n) is 2.85. The molecule has 0 heterocycles. The van der Waals surface area contributed by atoms with Gasteiger partial charge in [-0.3, -0.25) is 0 Å². The number of esters is 1. The monoisotopic (exact) mass is 176 g/mol. The van der Waals surface area contributed by atoms with Gasteiger partial charge in [-0.15, -0.1) is 0 Å². The third-order valence-electron chi connectivity index (χ3n) is 0.698. The lowest BCUT2D eigenvalue weighted by Gasteiger charge is -1.95. The molecule has 0 bridgehead atoms. The number of carbonyl (C=O) groups is 2. The van der Waals surface area contributed by atoms with E-state index in [0.29, 0.717) is 5.75 Å². The molecule has 0 radical (unpaired) electrons. The Morgan fingerprint density at radius 3 is 2.55 bits per heavy atom. The van der Waals surface area contributed by atoms with Gasteiger partial charge in [-0.25, -0.2) is 9.59 Å². The van der Waals surface area contributed by atoms with Crippen LogP contribution < -0.4 is 0 Å². The predicted molar refractivity (Wildman–Crippen MR) is 41.6 cm³/mol. The van der Waals surface area contributed by atoms with Gasteiger partial charge < -0.3 is 9.84 Å². The quantitative estimate of drug-likeness (QED) is 0.362. The summed E-state index contributed by atoms with van der Waals surface area (Å²) in [4.78, 5) is 20.4. The van der Waals surface area contributed by atoms with Crippen LogP contribution in [-0.4, -0.2) is 29.4 Å². The maximum atomic E-state index is 10.5. The van der Waals surface area contributed by atoms with Crippen molar-refractivity contribution in [1.82, 2.24) is 0 Å². The lowest BCUT2D eigenvalue weighted by Crippen LogP contribution is -2.03. The summed E-state index contributed by atoms with van der Waals surface area (Å²) in [6.45, 7) is 0.186. The van der Waals surface area contributed by atoms with Gasteiger partial charge >= 0.3 is 11.9 Å². The Hall–Kier alpha value is -0.970. The summed E-state index contributed by atoms with van der Waals surface area (Å²) in [5.74, 6) is -1.42. The minimum Gasteiger partial charge on any atom is -0.478 e. The molecule has 0 amide bonds. The van der Waals surface area contributed by atoms with Crippen molar-refractivity contribution >= 4 is 24.6 Å². The molecule has 11 heavy (non-hydrogen) atoms. The van der Waals surface area contributed by atoms with Crippen molar-refractivity contribution in [2.45, 2.75) is 0 Å². The lowest BCUT2D eigenvalue weighted by molar-refractivity contribution is -0.138. The third-order valence-corrected chi connectivity index (χ3v) is 0.880. The molecule has 0 aliphatic heterocycles. The number of hydrogen-bond donors (Lipinski definition) is 2. The average Bonchev–Trinajstić information content (AvgIpc) is 1.97. The van der Waals surface area contributed by atoms with E-state index in [4.69, 9.17) is 5.11 Å². The SMILES string of the molecule is O=C(O)C=CC(=O)OCCS. The minimum absolute atomic E-state index is 0.186. The number of carboxylic acid groups (broad SMARTS) is 1. The Bertz CT molecular complexity index is 175. The summed E-state index contributed by atoms with van der Waals surface area (Å²) in [7, 11) is 0. The number of rotatable bonds is 4. The first kappa shape index (κ1) is 10.0. The number of aliphatic carboxylic acids is 1. The predicted octanol–water partition coefficient (Wildman–Crippen LogP) is 0.100. The van der Waals surface area contributed by atoms with E-state index in [0.717, 1.165) is 12.2 Å². The number of hydrogen-bond acceptors (Lipinski definition) is 4. The topological polar surface area (TPSA) is 63.6 Å². The summed E-state index contributed by atoms with van der Waals surface area (Å²) in [5, 5.41) is 8.08. The van der Waals surface area contributed by atoms with Crippen molar-refractivity contribution in [2.24, 2.45) is 0 Å². The van der Waals surface area contributed by atoms with Crippen molar-refractivity contribution in [3.63, 3.8) is 0 Å². The molecule has 5 heteroatoms. The van der Waals surface area contributed by atoms with Gasteiger partial charge in [0.15, 0.2) is 0 Å². The molecule has 0 aromatic heterocycles. The van der Waals surface area contributed by atoms with Gasteiger partial charge in [0.1, 0.15) is 6.61 Å². The van der Waals surface area contributed by atoms with E-state index >= 15 is 0 Å².